The van der Waals surface area contributed by atoms with Crippen molar-refractivity contribution in [2.75, 3.05) is 5.32 Å². The molecule has 1 atom stereocenters. The van der Waals surface area contributed by atoms with E-state index in [1.807, 2.05) is 54.6 Å². The molecule has 0 aliphatic carbocycles. The van der Waals surface area contributed by atoms with Crippen molar-refractivity contribution < 1.29 is 13.2 Å². The quantitative estimate of drug-likeness (QED) is 0.190. The second kappa shape index (κ2) is 11.3. The average molecular weight is 654 g/mol. The molecule has 6 nitrogen and oxygen atoms in total. The highest BCUT2D eigenvalue weighted by molar-refractivity contribution is 14.1. The molecular weight excluding hydrogens is 629 g/mol. The molecule has 5 rings (SSSR count). The van der Waals surface area contributed by atoms with Gasteiger partial charge in [0.25, 0.3) is 0 Å². The van der Waals surface area contributed by atoms with Crippen LogP contribution in [0.5, 0.6) is 0 Å². The normalized spacial score (nSPS) is 12.4. The topological polar surface area (TPSA) is 88.2 Å². The van der Waals surface area contributed by atoms with Crippen molar-refractivity contribution in [3.05, 3.63) is 112 Å². The number of nitrogens with zero attached hydrogens (tertiary/aromatic N) is 1. The molecule has 0 aliphatic heterocycles. The number of benzene rings is 4. The van der Waals surface area contributed by atoms with Crippen molar-refractivity contribution in [3.63, 3.8) is 0 Å². The first-order chi connectivity index (χ1) is 18.3. The van der Waals surface area contributed by atoms with Crippen molar-refractivity contribution in [1.82, 2.24) is 9.71 Å². The molecule has 0 aliphatic rings. The minimum absolute atomic E-state index is 0.110. The lowest BCUT2D eigenvalue weighted by Gasteiger charge is -2.19. The minimum Gasteiger partial charge on any atom is -0.325 e. The standard InChI is InChI=1S/C29H24IN3O3S2/c1-19-7-16-25-27(17-19)37-29(32-25)21-8-12-23(13-9-21)31-28(34)26(18-20-5-3-2-4-6-20)33-38(35,36)24-14-10-22(30)11-15-24/h2-17,26,33H,18H2,1H3,(H,31,34)/t26-/m1/s1. The van der Waals surface area contributed by atoms with Crippen LogP contribution >= 0.6 is 33.9 Å². The van der Waals surface area contributed by atoms with Gasteiger partial charge in [0, 0.05) is 14.8 Å². The van der Waals surface area contributed by atoms with E-state index in [1.165, 1.54) is 17.7 Å². The molecule has 192 valence electrons. The molecule has 1 heterocycles. The largest absolute Gasteiger partial charge is 0.325 e. The van der Waals surface area contributed by atoms with Crippen LogP contribution in [0, 0.1) is 10.5 Å². The molecule has 0 spiro atoms. The van der Waals surface area contributed by atoms with Gasteiger partial charge in [-0.3, -0.25) is 4.79 Å². The van der Waals surface area contributed by atoms with Crippen molar-refractivity contribution in [2.45, 2.75) is 24.3 Å². The first-order valence-corrected chi connectivity index (χ1v) is 15.2. The Hall–Kier alpha value is -3.12. The predicted octanol–water partition coefficient (Wildman–Crippen LogP) is 6.40. The maximum absolute atomic E-state index is 13.3. The van der Waals surface area contributed by atoms with E-state index in [0.29, 0.717) is 5.69 Å². The van der Waals surface area contributed by atoms with Gasteiger partial charge < -0.3 is 5.32 Å². The number of aryl methyl sites for hydroxylation is 1. The van der Waals surface area contributed by atoms with Crippen LogP contribution in [0.3, 0.4) is 0 Å². The van der Waals surface area contributed by atoms with Gasteiger partial charge in [0.2, 0.25) is 15.9 Å². The summed E-state index contributed by atoms with van der Waals surface area (Å²) >= 11 is 3.74. The Morgan fingerprint density at radius 2 is 1.66 bits per heavy atom. The number of sulfonamides is 1. The van der Waals surface area contributed by atoms with E-state index in [2.05, 4.69) is 45.6 Å². The molecule has 0 radical (unpaired) electrons. The van der Waals surface area contributed by atoms with Gasteiger partial charge in [-0.15, -0.1) is 11.3 Å². The van der Waals surface area contributed by atoms with Crippen LogP contribution in [0.15, 0.2) is 102 Å². The SMILES string of the molecule is Cc1ccc2nc(-c3ccc(NC(=O)[C@@H](Cc4ccccc4)NS(=O)(=O)c4ccc(I)cc4)cc3)sc2c1. The molecule has 0 saturated heterocycles. The van der Waals surface area contributed by atoms with Gasteiger partial charge in [-0.05, 0) is 108 Å². The number of carbonyl (C=O) groups excluding carboxylic acids is 1. The number of aromatic nitrogens is 1. The van der Waals surface area contributed by atoms with Crippen LogP contribution in [-0.2, 0) is 21.2 Å². The smallest absolute Gasteiger partial charge is 0.242 e. The van der Waals surface area contributed by atoms with E-state index in [9.17, 15) is 13.2 Å². The molecule has 0 bridgehead atoms. The average Bonchev–Trinajstić information content (AvgIpc) is 3.33. The van der Waals surface area contributed by atoms with E-state index in [1.54, 1.807) is 35.6 Å². The third-order valence-electron chi connectivity index (χ3n) is 5.96. The molecule has 4 aromatic carbocycles. The summed E-state index contributed by atoms with van der Waals surface area (Å²) in [6.45, 7) is 2.06. The number of anilines is 1. The number of halogens is 1. The fourth-order valence-electron chi connectivity index (χ4n) is 3.99. The number of nitrogens with one attached hydrogen (secondary N) is 2. The van der Waals surface area contributed by atoms with Crippen LogP contribution in [0.25, 0.3) is 20.8 Å². The zero-order valence-corrected chi connectivity index (χ0v) is 24.2. The van der Waals surface area contributed by atoms with Crippen molar-refractivity contribution >= 4 is 65.8 Å². The zero-order valence-electron chi connectivity index (χ0n) is 20.4. The van der Waals surface area contributed by atoms with E-state index in [0.717, 1.165) is 29.9 Å². The van der Waals surface area contributed by atoms with Crippen molar-refractivity contribution in [2.24, 2.45) is 0 Å². The molecular formula is C29H24IN3O3S2. The van der Waals surface area contributed by atoms with E-state index >= 15 is 0 Å². The highest BCUT2D eigenvalue weighted by Gasteiger charge is 2.26. The first-order valence-electron chi connectivity index (χ1n) is 11.9. The summed E-state index contributed by atoms with van der Waals surface area (Å²) in [5.74, 6) is -0.439. The second-order valence-corrected chi connectivity index (χ2v) is 12.9. The lowest BCUT2D eigenvalue weighted by atomic mass is 10.1. The van der Waals surface area contributed by atoms with Gasteiger partial charge in [-0.25, -0.2) is 13.4 Å². The summed E-state index contributed by atoms with van der Waals surface area (Å²) in [5.41, 5.74) is 4.51. The Morgan fingerprint density at radius 1 is 0.947 bits per heavy atom. The minimum atomic E-state index is -3.91. The Morgan fingerprint density at radius 3 is 2.37 bits per heavy atom. The Kier molecular flexibility index (Phi) is 7.89. The van der Waals surface area contributed by atoms with Crippen LogP contribution in [0.2, 0.25) is 0 Å². The van der Waals surface area contributed by atoms with Gasteiger partial charge >= 0.3 is 0 Å². The summed E-state index contributed by atoms with van der Waals surface area (Å²) < 4.78 is 30.8. The first kappa shape index (κ1) is 26.5. The highest BCUT2D eigenvalue weighted by Crippen LogP contribution is 2.31. The van der Waals surface area contributed by atoms with Gasteiger partial charge in [-0.1, -0.05) is 36.4 Å². The summed E-state index contributed by atoms with van der Waals surface area (Å²) in [5, 5.41) is 3.77. The van der Waals surface area contributed by atoms with Crippen LogP contribution in [0.1, 0.15) is 11.1 Å². The molecule has 1 aromatic heterocycles. The van der Waals surface area contributed by atoms with Gasteiger partial charge in [0.05, 0.1) is 15.1 Å². The van der Waals surface area contributed by atoms with Crippen molar-refractivity contribution in [3.8, 4) is 10.6 Å². The fourth-order valence-corrected chi connectivity index (χ4v) is 6.61. The molecule has 0 unspecified atom stereocenters. The third kappa shape index (κ3) is 6.29. The fraction of sp³-hybridized carbons (Fsp3) is 0.103. The Bertz CT molecular complexity index is 1690. The number of hydrogen-bond donors (Lipinski definition) is 2. The molecule has 0 fully saturated rings. The van der Waals surface area contributed by atoms with Crippen LogP contribution < -0.4 is 10.0 Å². The summed E-state index contributed by atoms with van der Waals surface area (Å²) in [6, 6.07) is 28.4. The third-order valence-corrected chi connectivity index (χ3v) is 9.24. The van der Waals surface area contributed by atoms with Crippen molar-refractivity contribution in [1.29, 1.82) is 0 Å². The zero-order chi connectivity index (χ0) is 26.7. The number of thiazole rings is 1. The van der Waals surface area contributed by atoms with E-state index in [-0.39, 0.29) is 11.3 Å². The highest BCUT2D eigenvalue weighted by atomic mass is 127. The number of rotatable bonds is 8. The van der Waals surface area contributed by atoms with Gasteiger partial charge in [0.15, 0.2) is 0 Å². The molecule has 1 amide bonds. The van der Waals surface area contributed by atoms with E-state index in [4.69, 9.17) is 4.98 Å². The maximum Gasteiger partial charge on any atom is 0.242 e. The monoisotopic (exact) mass is 653 g/mol. The molecule has 2 N–H and O–H groups in total. The number of amides is 1. The summed E-state index contributed by atoms with van der Waals surface area (Å²) in [6.07, 6.45) is 0.208. The number of hydrogen-bond acceptors (Lipinski definition) is 5. The molecule has 5 aromatic rings. The lowest BCUT2D eigenvalue weighted by molar-refractivity contribution is -0.117. The summed E-state index contributed by atoms with van der Waals surface area (Å²) in [4.78, 5) is 18.2. The number of fused-ring (bicyclic) bond motifs is 1. The summed E-state index contributed by atoms with van der Waals surface area (Å²) in [7, 11) is -3.91. The Balaban J connectivity index is 1.35. The lowest BCUT2D eigenvalue weighted by Crippen LogP contribution is -2.45. The molecule has 38 heavy (non-hydrogen) atoms. The van der Waals surface area contributed by atoms with Crippen LogP contribution in [0.4, 0.5) is 5.69 Å². The predicted molar refractivity (Wildman–Crippen MR) is 162 cm³/mol. The second-order valence-electron chi connectivity index (χ2n) is 8.87. The number of carbonyl (C=O) groups is 1. The maximum atomic E-state index is 13.3. The van der Waals surface area contributed by atoms with Gasteiger partial charge in [-0.2, -0.15) is 4.72 Å². The van der Waals surface area contributed by atoms with E-state index < -0.39 is 22.0 Å². The van der Waals surface area contributed by atoms with Gasteiger partial charge in [0.1, 0.15) is 11.0 Å². The molecule has 9 heteroatoms. The molecule has 0 saturated carbocycles. The Labute approximate surface area is 239 Å². The van der Waals surface area contributed by atoms with Crippen LogP contribution in [-0.4, -0.2) is 25.4 Å².